The number of alkyl halides is 3. The Labute approximate surface area is 105 Å². The lowest BCUT2D eigenvalue weighted by molar-refractivity contribution is -0.127. The highest BCUT2D eigenvalue weighted by atomic mass is 32.1. The number of benzene rings is 1. The molecule has 0 aliphatic carbocycles. The lowest BCUT2D eigenvalue weighted by atomic mass is 10.1. The summed E-state index contributed by atoms with van der Waals surface area (Å²) in [4.78, 5) is 0.582. The summed E-state index contributed by atoms with van der Waals surface area (Å²) in [6, 6.07) is 6.04. The van der Waals surface area contributed by atoms with Gasteiger partial charge in [-0.2, -0.15) is 13.2 Å². The van der Waals surface area contributed by atoms with Crippen LogP contribution in [0.3, 0.4) is 0 Å². The maximum Gasteiger partial charge on any atom is 0.393 e. The summed E-state index contributed by atoms with van der Waals surface area (Å²) in [5.41, 5.74) is 0.948. The van der Waals surface area contributed by atoms with Gasteiger partial charge < -0.3 is 5.32 Å². The molecule has 0 heterocycles. The molecule has 1 N–H and O–H groups in total. The highest BCUT2D eigenvalue weighted by Gasteiger charge is 2.27. The van der Waals surface area contributed by atoms with Crippen molar-refractivity contribution in [2.24, 2.45) is 0 Å². The van der Waals surface area contributed by atoms with Crippen molar-refractivity contribution in [2.75, 3.05) is 5.32 Å². The van der Waals surface area contributed by atoms with Crippen molar-refractivity contribution in [1.29, 1.82) is 0 Å². The minimum absolute atomic E-state index is 0.245. The molecule has 0 bridgehead atoms. The zero-order valence-electron chi connectivity index (χ0n) is 10.1. The number of nitrogens with one attached hydrogen (secondary N) is 1. The van der Waals surface area contributed by atoms with Crippen LogP contribution in [0, 0.1) is 0 Å². The summed E-state index contributed by atoms with van der Waals surface area (Å²) < 4.78 is 36.0. The van der Waals surface area contributed by atoms with Crippen LogP contribution in [0.15, 0.2) is 24.3 Å². The molecule has 96 valence electrons. The van der Waals surface area contributed by atoms with E-state index in [1.165, 1.54) is 12.1 Å². The Bertz CT molecular complexity index is 344. The van der Waals surface area contributed by atoms with Gasteiger partial charge in [0.25, 0.3) is 0 Å². The number of rotatable bonds is 2. The minimum atomic E-state index is -4.16. The van der Waals surface area contributed by atoms with E-state index in [2.05, 4.69) is 5.32 Å². The Kier molecular flexibility index (Phi) is 6.80. The zero-order valence-corrected chi connectivity index (χ0v) is 10.9. The fourth-order valence-corrected chi connectivity index (χ4v) is 1.26. The van der Waals surface area contributed by atoms with Crippen LogP contribution in [0.4, 0.5) is 18.9 Å². The molecule has 1 nitrogen and oxygen atoms in total. The van der Waals surface area contributed by atoms with E-state index >= 15 is 0 Å². The molecule has 0 spiro atoms. The maximum atomic E-state index is 12.0. The molecular formula is C12H16F3NS. The van der Waals surface area contributed by atoms with Gasteiger partial charge in [-0.05, 0) is 24.6 Å². The molecule has 1 aromatic carbocycles. The second kappa shape index (κ2) is 7.27. The molecule has 0 aliphatic heterocycles. The van der Waals surface area contributed by atoms with Crippen LogP contribution in [0.5, 0.6) is 0 Å². The van der Waals surface area contributed by atoms with Crippen LogP contribution < -0.4 is 5.32 Å². The molecule has 0 atom stereocenters. The summed E-state index contributed by atoms with van der Waals surface area (Å²) in [5, 5.41) is 2.85. The van der Waals surface area contributed by atoms with Crippen LogP contribution in [0.2, 0.25) is 0 Å². The third kappa shape index (κ3) is 7.74. The zero-order chi connectivity index (χ0) is 13.5. The number of halogens is 3. The third-order valence-corrected chi connectivity index (χ3v) is 1.78. The van der Waals surface area contributed by atoms with Gasteiger partial charge in [0.15, 0.2) is 0 Å². The van der Waals surface area contributed by atoms with Crippen molar-refractivity contribution < 1.29 is 13.2 Å². The highest BCUT2D eigenvalue weighted by molar-refractivity contribution is 7.80. The van der Waals surface area contributed by atoms with Gasteiger partial charge in [-0.3, -0.25) is 0 Å². The first-order chi connectivity index (χ1) is 7.87. The van der Waals surface area contributed by atoms with Gasteiger partial charge in [0.1, 0.15) is 0 Å². The topological polar surface area (TPSA) is 12.0 Å². The van der Waals surface area contributed by atoms with Crippen molar-refractivity contribution in [2.45, 2.75) is 33.4 Å². The summed E-state index contributed by atoms with van der Waals surface area (Å²) >= 11 is 4.81. The molecule has 0 unspecified atom stereocenters. The monoisotopic (exact) mass is 263 g/mol. The number of hydrogen-bond donors (Lipinski definition) is 1. The molecule has 0 radical (unpaired) electrons. The molecular weight excluding hydrogens is 247 g/mol. The average molecular weight is 263 g/mol. The van der Waals surface area contributed by atoms with E-state index in [-0.39, 0.29) is 5.56 Å². The summed E-state index contributed by atoms with van der Waals surface area (Å²) in [7, 11) is 0. The predicted octanol–water partition coefficient (Wildman–Crippen LogP) is 4.58. The van der Waals surface area contributed by atoms with E-state index < -0.39 is 12.6 Å². The summed E-state index contributed by atoms with van der Waals surface area (Å²) in [6.07, 6.45) is -5.06. The second-order valence-corrected chi connectivity index (χ2v) is 3.78. The highest BCUT2D eigenvalue weighted by Crippen LogP contribution is 2.22. The van der Waals surface area contributed by atoms with E-state index in [1.807, 2.05) is 13.8 Å². The smallest absolute Gasteiger partial charge is 0.350 e. The Hall–Kier alpha value is -1.10. The Morgan fingerprint density at radius 2 is 1.65 bits per heavy atom. The SMILES string of the molecule is CC.CC(=S)Nc1ccc(CC(F)(F)F)cc1. The van der Waals surface area contributed by atoms with E-state index in [9.17, 15) is 13.2 Å². The van der Waals surface area contributed by atoms with Gasteiger partial charge >= 0.3 is 6.18 Å². The molecule has 0 aliphatic rings. The fraction of sp³-hybridized carbons (Fsp3) is 0.417. The number of anilines is 1. The Balaban J connectivity index is 0.00000121. The van der Waals surface area contributed by atoms with Gasteiger partial charge in [0, 0.05) is 5.69 Å². The second-order valence-electron chi connectivity index (χ2n) is 3.17. The first kappa shape index (κ1) is 15.9. The summed E-state index contributed by atoms with van der Waals surface area (Å²) in [6.45, 7) is 5.71. The quantitative estimate of drug-likeness (QED) is 0.784. The van der Waals surface area contributed by atoms with Gasteiger partial charge in [0.05, 0.1) is 11.4 Å². The average Bonchev–Trinajstić information content (AvgIpc) is 2.21. The largest absolute Gasteiger partial charge is 0.393 e. The molecule has 5 heteroatoms. The molecule has 0 saturated carbocycles. The van der Waals surface area contributed by atoms with Crippen molar-refractivity contribution >= 4 is 22.9 Å². The van der Waals surface area contributed by atoms with Crippen LogP contribution >= 0.6 is 12.2 Å². The Morgan fingerprint density at radius 1 is 1.18 bits per heavy atom. The fourth-order valence-electron chi connectivity index (χ4n) is 1.14. The van der Waals surface area contributed by atoms with Gasteiger partial charge in [-0.25, -0.2) is 0 Å². The van der Waals surface area contributed by atoms with Gasteiger partial charge in [-0.1, -0.05) is 38.2 Å². The standard InChI is InChI=1S/C10H10F3NS.C2H6/c1-7(15)14-9-4-2-8(3-5-9)6-10(11,12)13;1-2/h2-5H,6H2,1H3,(H,14,15);1-2H3. The molecule has 0 aromatic heterocycles. The normalized spacial score (nSPS) is 10.2. The van der Waals surface area contributed by atoms with Crippen molar-refractivity contribution in [3.8, 4) is 0 Å². The van der Waals surface area contributed by atoms with E-state index in [0.717, 1.165) is 0 Å². The van der Waals surface area contributed by atoms with Crippen LogP contribution in [0.1, 0.15) is 26.3 Å². The van der Waals surface area contributed by atoms with Crippen molar-refractivity contribution in [3.05, 3.63) is 29.8 Å². The molecule has 0 amide bonds. The van der Waals surface area contributed by atoms with Crippen molar-refractivity contribution in [1.82, 2.24) is 0 Å². The molecule has 1 rings (SSSR count). The van der Waals surface area contributed by atoms with Gasteiger partial charge in [-0.15, -0.1) is 0 Å². The minimum Gasteiger partial charge on any atom is -0.350 e. The van der Waals surface area contributed by atoms with E-state index in [4.69, 9.17) is 12.2 Å². The number of thiocarbonyl (C=S) groups is 1. The third-order valence-electron chi connectivity index (χ3n) is 1.68. The van der Waals surface area contributed by atoms with E-state index in [0.29, 0.717) is 10.7 Å². The first-order valence-corrected chi connectivity index (χ1v) is 5.71. The molecule has 0 saturated heterocycles. The number of hydrogen-bond acceptors (Lipinski definition) is 1. The first-order valence-electron chi connectivity index (χ1n) is 5.30. The maximum absolute atomic E-state index is 12.0. The predicted molar refractivity (Wildman–Crippen MR) is 69.4 cm³/mol. The van der Waals surface area contributed by atoms with E-state index in [1.54, 1.807) is 19.1 Å². The molecule has 0 fully saturated rings. The molecule has 17 heavy (non-hydrogen) atoms. The van der Waals surface area contributed by atoms with Crippen LogP contribution in [-0.4, -0.2) is 11.2 Å². The lowest BCUT2D eigenvalue weighted by Gasteiger charge is -2.08. The lowest BCUT2D eigenvalue weighted by Crippen LogP contribution is -2.11. The summed E-state index contributed by atoms with van der Waals surface area (Å²) in [5.74, 6) is 0. The Morgan fingerprint density at radius 3 is 2.00 bits per heavy atom. The van der Waals surface area contributed by atoms with Crippen LogP contribution in [-0.2, 0) is 6.42 Å². The van der Waals surface area contributed by atoms with Crippen LogP contribution in [0.25, 0.3) is 0 Å². The van der Waals surface area contributed by atoms with Gasteiger partial charge in [0.2, 0.25) is 0 Å². The molecule has 1 aromatic rings. The van der Waals surface area contributed by atoms with Crippen molar-refractivity contribution in [3.63, 3.8) is 0 Å².